The third kappa shape index (κ3) is 5.40. The van der Waals surface area contributed by atoms with Crippen molar-refractivity contribution in [2.45, 2.75) is 57.5 Å². The number of rotatable bonds is 6. The molecule has 0 spiro atoms. The highest BCUT2D eigenvalue weighted by molar-refractivity contribution is 7.90. The van der Waals surface area contributed by atoms with E-state index in [1.54, 1.807) is 0 Å². The Balaban J connectivity index is 2.69. The van der Waals surface area contributed by atoms with Crippen LogP contribution in [-0.4, -0.2) is 57.0 Å². The first-order valence-corrected chi connectivity index (χ1v) is 9.43. The lowest BCUT2D eigenvalue weighted by atomic mass is 9.90. The largest absolute Gasteiger partial charge is 0.315 e. The molecule has 0 aromatic heterocycles. The van der Waals surface area contributed by atoms with Crippen LogP contribution in [0.3, 0.4) is 0 Å². The highest BCUT2D eigenvalue weighted by Crippen LogP contribution is 2.25. The molecular weight excluding hydrogens is 260 g/mol. The van der Waals surface area contributed by atoms with Gasteiger partial charge in [-0.1, -0.05) is 12.8 Å². The maximum Gasteiger partial charge on any atom is 0.147 e. The van der Waals surface area contributed by atoms with E-state index in [1.165, 1.54) is 31.9 Å². The summed E-state index contributed by atoms with van der Waals surface area (Å²) in [6.45, 7) is 6.73. The van der Waals surface area contributed by atoms with Gasteiger partial charge in [-0.2, -0.15) is 0 Å². The Morgan fingerprint density at radius 3 is 2.11 bits per heavy atom. The average molecular weight is 290 g/mol. The molecule has 0 saturated carbocycles. The summed E-state index contributed by atoms with van der Waals surface area (Å²) >= 11 is 0. The van der Waals surface area contributed by atoms with E-state index >= 15 is 0 Å². The zero-order valence-electron chi connectivity index (χ0n) is 12.9. The van der Waals surface area contributed by atoms with Crippen molar-refractivity contribution in [3.05, 3.63) is 0 Å². The Morgan fingerprint density at radius 2 is 1.68 bits per heavy atom. The van der Waals surface area contributed by atoms with Crippen molar-refractivity contribution in [2.24, 2.45) is 0 Å². The smallest absolute Gasteiger partial charge is 0.147 e. The van der Waals surface area contributed by atoms with Crippen molar-refractivity contribution >= 4 is 9.84 Å². The molecule has 0 aromatic rings. The first kappa shape index (κ1) is 16.9. The lowest BCUT2D eigenvalue weighted by Gasteiger charge is -2.44. The molecule has 114 valence electrons. The minimum Gasteiger partial charge on any atom is -0.315 e. The summed E-state index contributed by atoms with van der Waals surface area (Å²) in [5.41, 5.74) is 0.00375. The Morgan fingerprint density at radius 1 is 1.16 bits per heavy atom. The molecular formula is C14H30N2O2S. The van der Waals surface area contributed by atoms with E-state index < -0.39 is 9.84 Å². The third-order valence-electron chi connectivity index (χ3n) is 4.40. The van der Waals surface area contributed by atoms with E-state index in [4.69, 9.17) is 0 Å². The van der Waals surface area contributed by atoms with Gasteiger partial charge in [0.15, 0.2) is 0 Å². The molecule has 0 radical (unpaired) electrons. The molecule has 5 heteroatoms. The van der Waals surface area contributed by atoms with Crippen LogP contribution in [0, 0.1) is 0 Å². The minimum atomic E-state index is -2.89. The summed E-state index contributed by atoms with van der Waals surface area (Å²) in [4.78, 5) is 2.53. The Bertz CT molecular complexity index is 358. The summed E-state index contributed by atoms with van der Waals surface area (Å²) in [5, 5.41) is 3.33. The molecule has 1 atom stereocenters. The van der Waals surface area contributed by atoms with Crippen molar-refractivity contribution in [3.8, 4) is 0 Å². The maximum absolute atomic E-state index is 11.4. The molecule has 1 aliphatic rings. The molecule has 0 aromatic carbocycles. The third-order valence-corrected chi connectivity index (χ3v) is 5.38. The molecule has 0 bridgehead atoms. The van der Waals surface area contributed by atoms with Crippen molar-refractivity contribution in [2.75, 3.05) is 32.1 Å². The van der Waals surface area contributed by atoms with Crippen LogP contribution in [0.15, 0.2) is 0 Å². The molecule has 1 aliphatic heterocycles. The molecule has 1 saturated heterocycles. The number of hydrogen-bond donors (Lipinski definition) is 1. The lowest BCUT2D eigenvalue weighted by molar-refractivity contribution is 0.0852. The minimum absolute atomic E-state index is 0.00375. The van der Waals surface area contributed by atoms with E-state index in [9.17, 15) is 8.42 Å². The summed E-state index contributed by atoms with van der Waals surface area (Å²) in [6.07, 6.45) is 7.15. The Hall–Kier alpha value is -0.130. The number of nitrogens with one attached hydrogen (secondary N) is 1. The standard InChI is InChI=1S/C14H30N2O2S/c1-14(2,16-10-7-5-6-8-11-16)13(15-3)9-12-19(4,17)18/h13,15H,5-12H2,1-4H3. The quantitative estimate of drug-likeness (QED) is 0.808. The van der Waals surface area contributed by atoms with Gasteiger partial charge < -0.3 is 5.32 Å². The van der Waals surface area contributed by atoms with Gasteiger partial charge in [-0.3, -0.25) is 4.90 Å². The summed E-state index contributed by atoms with van der Waals surface area (Å²) in [5.74, 6) is 0.260. The molecule has 1 unspecified atom stereocenters. The van der Waals surface area contributed by atoms with Crippen LogP contribution in [0.2, 0.25) is 0 Å². The van der Waals surface area contributed by atoms with Crippen LogP contribution >= 0.6 is 0 Å². The summed E-state index contributed by atoms with van der Waals surface area (Å²) in [6, 6.07) is 0.209. The maximum atomic E-state index is 11.4. The molecule has 19 heavy (non-hydrogen) atoms. The predicted octanol–water partition coefficient (Wildman–Crippen LogP) is 1.66. The van der Waals surface area contributed by atoms with Gasteiger partial charge in [-0.05, 0) is 53.2 Å². The second-order valence-corrected chi connectivity index (χ2v) is 8.57. The number of sulfone groups is 1. The van der Waals surface area contributed by atoms with Gasteiger partial charge in [0.2, 0.25) is 0 Å². The van der Waals surface area contributed by atoms with Gasteiger partial charge in [0.05, 0.1) is 5.75 Å². The van der Waals surface area contributed by atoms with Crippen molar-refractivity contribution in [3.63, 3.8) is 0 Å². The fourth-order valence-electron chi connectivity index (χ4n) is 3.05. The molecule has 1 rings (SSSR count). The first-order valence-electron chi connectivity index (χ1n) is 7.37. The molecule has 1 heterocycles. The van der Waals surface area contributed by atoms with E-state index in [-0.39, 0.29) is 17.3 Å². The second kappa shape index (κ2) is 7.04. The molecule has 4 nitrogen and oxygen atoms in total. The summed E-state index contributed by atoms with van der Waals surface area (Å²) < 4.78 is 22.7. The van der Waals surface area contributed by atoms with Crippen molar-refractivity contribution in [1.82, 2.24) is 10.2 Å². The van der Waals surface area contributed by atoms with Gasteiger partial charge in [-0.25, -0.2) is 8.42 Å². The number of likely N-dealkylation sites (tertiary alicyclic amines) is 1. The second-order valence-electron chi connectivity index (χ2n) is 6.31. The monoisotopic (exact) mass is 290 g/mol. The van der Waals surface area contributed by atoms with Gasteiger partial charge in [-0.15, -0.1) is 0 Å². The lowest BCUT2D eigenvalue weighted by Crippen LogP contribution is -2.57. The van der Waals surface area contributed by atoms with Crippen molar-refractivity contribution in [1.29, 1.82) is 0 Å². The van der Waals surface area contributed by atoms with Crippen molar-refractivity contribution < 1.29 is 8.42 Å². The van der Waals surface area contributed by atoms with Gasteiger partial charge >= 0.3 is 0 Å². The molecule has 1 fully saturated rings. The number of likely N-dealkylation sites (N-methyl/N-ethyl adjacent to an activating group) is 1. The summed E-state index contributed by atoms with van der Waals surface area (Å²) in [7, 11) is -0.949. The van der Waals surface area contributed by atoms with E-state index in [1.807, 2.05) is 7.05 Å². The fourth-order valence-corrected chi connectivity index (χ4v) is 3.71. The van der Waals surface area contributed by atoms with Crippen LogP contribution in [0.1, 0.15) is 46.0 Å². The zero-order valence-corrected chi connectivity index (χ0v) is 13.7. The molecule has 1 N–H and O–H groups in total. The normalized spacial score (nSPS) is 21.1. The van der Waals surface area contributed by atoms with Gasteiger partial charge in [0.25, 0.3) is 0 Å². The van der Waals surface area contributed by atoms with E-state index in [2.05, 4.69) is 24.1 Å². The van der Waals surface area contributed by atoms with Crippen LogP contribution < -0.4 is 5.32 Å². The van der Waals surface area contributed by atoms with Gasteiger partial charge in [0, 0.05) is 17.8 Å². The highest BCUT2D eigenvalue weighted by Gasteiger charge is 2.34. The average Bonchev–Trinajstić information content (AvgIpc) is 2.56. The number of nitrogens with zero attached hydrogens (tertiary/aromatic N) is 1. The van der Waals surface area contributed by atoms with Crippen LogP contribution in [0.25, 0.3) is 0 Å². The van der Waals surface area contributed by atoms with Crippen LogP contribution in [-0.2, 0) is 9.84 Å². The predicted molar refractivity (Wildman–Crippen MR) is 81.3 cm³/mol. The molecule has 0 aliphatic carbocycles. The highest BCUT2D eigenvalue weighted by atomic mass is 32.2. The zero-order chi connectivity index (χ0) is 14.5. The Labute approximate surface area is 118 Å². The SMILES string of the molecule is CNC(CCS(C)(=O)=O)C(C)(C)N1CCCCCC1. The topological polar surface area (TPSA) is 49.4 Å². The Kier molecular flexibility index (Phi) is 6.27. The fraction of sp³-hybridized carbons (Fsp3) is 1.00. The molecule has 0 amide bonds. The van der Waals surface area contributed by atoms with E-state index in [0.717, 1.165) is 13.1 Å². The van der Waals surface area contributed by atoms with Gasteiger partial charge in [0.1, 0.15) is 9.84 Å². The number of hydrogen-bond acceptors (Lipinski definition) is 4. The van der Waals surface area contributed by atoms with Crippen LogP contribution in [0.5, 0.6) is 0 Å². The first-order chi connectivity index (χ1) is 8.77. The van der Waals surface area contributed by atoms with Crippen LogP contribution in [0.4, 0.5) is 0 Å². The van der Waals surface area contributed by atoms with E-state index in [0.29, 0.717) is 6.42 Å².